The standard InChI is InChI=1S/C10H13ClN2/c1-10(2,3)13-8-9(7-12-13)5-4-6-11/h7-8H,6H2,1-3H3. The van der Waals surface area contributed by atoms with Crippen LogP contribution in [0.15, 0.2) is 12.4 Å². The lowest BCUT2D eigenvalue weighted by atomic mass is 10.1. The number of aromatic nitrogens is 2. The summed E-state index contributed by atoms with van der Waals surface area (Å²) in [5.41, 5.74) is 0.927. The highest BCUT2D eigenvalue weighted by atomic mass is 35.5. The Balaban J connectivity index is 2.87. The predicted octanol–water partition coefficient (Wildman–Crippen LogP) is 2.23. The average molecular weight is 197 g/mol. The van der Waals surface area contributed by atoms with E-state index < -0.39 is 0 Å². The van der Waals surface area contributed by atoms with Gasteiger partial charge in [-0.3, -0.25) is 4.68 Å². The normalized spacial score (nSPS) is 10.8. The molecule has 0 bridgehead atoms. The predicted molar refractivity (Wildman–Crippen MR) is 54.8 cm³/mol. The summed E-state index contributed by atoms with van der Waals surface area (Å²) in [6.07, 6.45) is 3.68. The van der Waals surface area contributed by atoms with Crippen molar-refractivity contribution in [2.75, 3.05) is 5.88 Å². The van der Waals surface area contributed by atoms with Gasteiger partial charge in [0.2, 0.25) is 0 Å². The molecule has 0 aliphatic carbocycles. The Bertz CT molecular complexity index is 336. The monoisotopic (exact) mass is 196 g/mol. The van der Waals surface area contributed by atoms with Crippen LogP contribution in [0.1, 0.15) is 26.3 Å². The molecule has 0 atom stereocenters. The maximum absolute atomic E-state index is 5.45. The summed E-state index contributed by atoms with van der Waals surface area (Å²) in [6, 6.07) is 0. The van der Waals surface area contributed by atoms with Crippen LogP contribution in [-0.2, 0) is 5.54 Å². The van der Waals surface area contributed by atoms with E-state index in [0.29, 0.717) is 5.88 Å². The first-order chi connectivity index (χ1) is 6.04. The second-order valence-electron chi connectivity index (χ2n) is 3.78. The van der Waals surface area contributed by atoms with Crippen molar-refractivity contribution in [3.63, 3.8) is 0 Å². The topological polar surface area (TPSA) is 17.8 Å². The van der Waals surface area contributed by atoms with Crippen LogP contribution in [0, 0.1) is 11.8 Å². The fraction of sp³-hybridized carbons (Fsp3) is 0.500. The van der Waals surface area contributed by atoms with E-state index in [1.165, 1.54) is 0 Å². The second kappa shape index (κ2) is 3.85. The molecule has 3 heteroatoms. The van der Waals surface area contributed by atoms with Crippen LogP contribution in [0.3, 0.4) is 0 Å². The molecule has 1 heterocycles. The minimum atomic E-state index is 0.0148. The Morgan fingerprint density at radius 2 is 2.23 bits per heavy atom. The van der Waals surface area contributed by atoms with E-state index in [-0.39, 0.29) is 5.54 Å². The lowest BCUT2D eigenvalue weighted by Gasteiger charge is -2.18. The quantitative estimate of drug-likeness (QED) is 0.460. The highest BCUT2D eigenvalue weighted by Gasteiger charge is 2.12. The van der Waals surface area contributed by atoms with Gasteiger partial charge in [0.15, 0.2) is 0 Å². The van der Waals surface area contributed by atoms with E-state index in [2.05, 4.69) is 37.7 Å². The van der Waals surface area contributed by atoms with Crippen LogP contribution in [0.25, 0.3) is 0 Å². The van der Waals surface area contributed by atoms with Crippen LogP contribution in [0.2, 0.25) is 0 Å². The summed E-state index contributed by atoms with van der Waals surface area (Å²) >= 11 is 5.45. The maximum atomic E-state index is 5.45. The van der Waals surface area contributed by atoms with Gasteiger partial charge in [0.25, 0.3) is 0 Å². The van der Waals surface area contributed by atoms with Gasteiger partial charge >= 0.3 is 0 Å². The molecule has 0 amide bonds. The number of hydrogen-bond acceptors (Lipinski definition) is 1. The molecule has 0 fully saturated rings. The van der Waals surface area contributed by atoms with Crippen molar-refractivity contribution in [1.82, 2.24) is 9.78 Å². The molecule has 0 saturated heterocycles. The van der Waals surface area contributed by atoms with Crippen molar-refractivity contribution in [2.24, 2.45) is 0 Å². The largest absolute Gasteiger partial charge is 0.266 e. The SMILES string of the molecule is CC(C)(C)n1cc(C#CCCl)cn1. The molecule has 0 aromatic carbocycles. The third kappa shape index (κ3) is 2.78. The Kier molecular flexibility index (Phi) is 3.00. The van der Waals surface area contributed by atoms with E-state index in [1.54, 1.807) is 6.20 Å². The first-order valence-electron chi connectivity index (χ1n) is 4.14. The Labute approximate surface area is 83.9 Å². The molecule has 1 aromatic heterocycles. The summed E-state index contributed by atoms with van der Waals surface area (Å²) in [5, 5.41) is 4.21. The molecule has 70 valence electrons. The Hall–Kier alpha value is -0.940. The van der Waals surface area contributed by atoms with Crippen LogP contribution in [0.5, 0.6) is 0 Å². The Morgan fingerprint density at radius 1 is 1.54 bits per heavy atom. The fourth-order valence-electron chi connectivity index (χ4n) is 0.890. The van der Waals surface area contributed by atoms with E-state index in [1.807, 2.05) is 10.9 Å². The first-order valence-corrected chi connectivity index (χ1v) is 4.67. The van der Waals surface area contributed by atoms with Crippen molar-refractivity contribution >= 4 is 11.6 Å². The van der Waals surface area contributed by atoms with E-state index in [4.69, 9.17) is 11.6 Å². The highest BCUT2D eigenvalue weighted by molar-refractivity contribution is 6.19. The van der Waals surface area contributed by atoms with Crippen molar-refractivity contribution in [3.05, 3.63) is 18.0 Å². The number of nitrogens with zero attached hydrogens (tertiary/aromatic N) is 2. The lowest BCUT2D eigenvalue weighted by molar-refractivity contribution is 0.355. The van der Waals surface area contributed by atoms with Gasteiger partial charge in [-0.05, 0) is 20.8 Å². The molecule has 13 heavy (non-hydrogen) atoms. The first kappa shape index (κ1) is 10.1. The second-order valence-corrected chi connectivity index (χ2v) is 4.05. The molecule has 0 aliphatic rings. The summed E-state index contributed by atoms with van der Waals surface area (Å²) in [5.74, 6) is 6.07. The molecule has 0 spiro atoms. The summed E-state index contributed by atoms with van der Waals surface area (Å²) < 4.78 is 1.89. The minimum Gasteiger partial charge on any atom is -0.266 e. The zero-order chi connectivity index (χ0) is 9.90. The minimum absolute atomic E-state index is 0.0148. The van der Waals surface area contributed by atoms with Gasteiger partial charge in [-0.15, -0.1) is 11.6 Å². The van der Waals surface area contributed by atoms with Crippen molar-refractivity contribution in [1.29, 1.82) is 0 Å². The number of rotatable bonds is 0. The van der Waals surface area contributed by atoms with Gasteiger partial charge in [0.05, 0.1) is 23.2 Å². The molecule has 2 nitrogen and oxygen atoms in total. The van der Waals surface area contributed by atoms with Gasteiger partial charge in [0, 0.05) is 6.20 Å². The maximum Gasteiger partial charge on any atom is 0.0839 e. The summed E-state index contributed by atoms with van der Waals surface area (Å²) in [4.78, 5) is 0. The van der Waals surface area contributed by atoms with Crippen molar-refractivity contribution < 1.29 is 0 Å². The lowest BCUT2D eigenvalue weighted by Crippen LogP contribution is -2.21. The van der Waals surface area contributed by atoms with Crippen LogP contribution >= 0.6 is 11.6 Å². The van der Waals surface area contributed by atoms with Gasteiger partial charge in [-0.1, -0.05) is 11.8 Å². The fourth-order valence-corrected chi connectivity index (χ4v) is 0.957. The molecule has 1 rings (SSSR count). The average Bonchev–Trinajstić information content (AvgIpc) is 2.47. The molecular weight excluding hydrogens is 184 g/mol. The summed E-state index contributed by atoms with van der Waals surface area (Å²) in [7, 11) is 0. The van der Waals surface area contributed by atoms with Crippen LogP contribution < -0.4 is 0 Å². The van der Waals surface area contributed by atoms with Gasteiger partial charge < -0.3 is 0 Å². The van der Waals surface area contributed by atoms with Crippen molar-refractivity contribution in [3.8, 4) is 11.8 Å². The smallest absolute Gasteiger partial charge is 0.0839 e. The van der Waals surface area contributed by atoms with Crippen LogP contribution in [-0.4, -0.2) is 15.7 Å². The third-order valence-corrected chi connectivity index (χ3v) is 1.70. The number of halogens is 1. The van der Waals surface area contributed by atoms with Gasteiger partial charge in [0.1, 0.15) is 0 Å². The number of alkyl halides is 1. The number of hydrogen-bond donors (Lipinski definition) is 0. The third-order valence-electron chi connectivity index (χ3n) is 1.57. The van der Waals surface area contributed by atoms with E-state index in [9.17, 15) is 0 Å². The summed E-state index contributed by atoms with van der Waals surface area (Å²) in [6.45, 7) is 6.29. The van der Waals surface area contributed by atoms with Crippen LogP contribution in [0.4, 0.5) is 0 Å². The highest BCUT2D eigenvalue weighted by Crippen LogP contribution is 2.12. The van der Waals surface area contributed by atoms with Gasteiger partial charge in [-0.25, -0.2) is 0 Å². The molecule has 0 N–H and O–H groups in total. The zero-order valence-corrected chi connectivity index (χ0v) is 8.89. The van der Waals surface area contributed by atoms with Crippen molar-refractivity contribution in [2.45, 2.75) is 26.3 Å². The zero-order valence-electron chi connectivity index (χ0n) is 8.13. The molecule has 1 aromatic rings. The molecule has 0 aliphatic heterocycles. The molecule has 0 radical (unpaired) electrons. The van der Waals surface area contributed by atoms with Gasteiger partial charge in [-0.2, -0.15) is 5.10 Å². The van der Waals surface area contributed by atoms with E-state index in [0.717, 1.165) is 5.56 Å². The molecule has 0 saturated carbocycles. The molecule has 0 unspecified atom stereocenters. The molecular formula is C10H13ClN2. The Morgan fingerprint density at radius 3 is 2.69 bits per heavy atom. The van der Waals surface area contributed by atoms with E-state index >= 15 is 0 Å².